The van der Waals surface area contributed by atoms with E-state index in [0.29, 0.717) is 0 Å². The van der Waals surface area contributed by atoms with Crippen molar-refractivity contribution in [2.75, 3.05) is 7.05 Å². The number of ether oxygens (including phenoxy) is 1. The lowest BCUT2D eigenvalue weighted by Gasteiger charge is -2.52. The Kier molecular flexibility index (Phi) is 2.84. The Balaban J connectivity index is 1.93. The van der Waals surface area contributed by atoms with Gasteiger partial charge in [-0.3, -0.25) is 19.3 Å². The molecular formula is C21H17NO4. The zero-order valence-corrected chi connectivity index (χ0v) is 14.4. The van der Waals surface area contributed by atoms with Gasteiger partial charge in [0, 0.05) is 31.0 Å². The summed E-state index contributed by atoms with van der Waals surface area (Å²) >= 11 is 0. The van der Waals surface area contributed by atoms with Crippen LogP contribution in [0.3, 0.4) is 0 Å². The van der Waals surface area contributed by atoms with Gasteiger partial charge < -0.3 is 4.74 Å². The fourth-order valence-corrected chi connectivity index (χ4v) is 5.25. The number of esters is 1. The predicted molar refractivity (Wildman–Crippen MR) is 92.0 cm³/mol. The summed E-state index contributed by atoms with van der Waals surface area (Å²) in [6.07, 6.45) is 0. The smallest absolute Gasteiger partial charge is 0.303 e. The van der Waals surface area contributed by atoms with Gasteiger partial charge in [0.1, 0.15) is 0 Å². The van der Waals surface area contributed by atoms with Crippen molar-refractivity contribution in [3.63, 3.8) is 0 Å². The molecule has 0 saturated carbocycles. The van der Waals surface area contributed by atoms with Crippen LogP contribution < -0.4 is 0 Å². The van der Waals surface area contributed by atoms with Crippen LogP contribution in [-0.2, 0) is 24.7 Å². The van der Waals surface area contributed by atoms with Crippen LogP contribution in [0.4, 0.5) is 0 Å². The molecule has 3 aliphatic carbocycles. The molecule has 0 aromatic heterocycles. The standard InChI is InChI=1S/C21H17NO4/c1-11(23)26-21-14-9-5-3-7-12(14)16(13-8-4-6-10-15(13)21)17-18(21)20(25)22(2)19(17)24/h3-10,16-18H,1-2H3/t16?,17-,18-,21?/m1/s1. The topological polar surface area (TPSA) is 63.7 Å². The molecule has 0 spiro atoms. The Labute approximate surface area is 150 Å². The Bertz CT molecular complexity index is 948. The third kappa shape index (κ3) is 1.54. The molecule has 2 amide bonds. The van der Waals surface area contributed by atoms with Gasteiger partial charge in [0.05, 0.1) is 11.8 Å². The molecule has 0 N–H and O–H groups in total. The normalized spacial score (nSPS) is 30.7. The molecule has 0 radical (unpaired) electrons. The average molecular weight is 347 g/mol. The number of amides is 2. The van der Waals surface area contributed by atoms with Crippen LogP contribution in [0.25, 0.3) is 0 Å². The summed E-state index contributed by atoms with van der Waals surface area (Å²) in [7, 11) is 1.51. The molecule has 2 atom stereocenters. The second-order valence-corrected chi connectivity index (χ2v) is 7.22. The maximum Gasteiger partial charge on any atom is 0.303 e. The minimum absolute atomic E-state index is 0.203. The van der Waals surface area contributed by atoms with Crippen LogP contribution in [0.5, 0.6) is 0 Å². The van der Waals surface area contributed by atoms with Crippen molar-refractivity contribution in [2.45, 2.75) is 18.4 Å². The second-order valence-electron chi connectivity index (χ2n) is 7.22. The SMILES string of the molecule is CC(=O)OC12c3ccccc3C(c3ccccc31)[C@H]1C(=O)N(C)C(=O)[C@@H]12. The summed E-state index contributed by atoms with van der Waals surface area (Å²) in [5, 5.41) is 0. The van der Waals surface area contributed by atoms with E-state index in [-0.39, 0.29) is 17.7 Å². The van der Waals surface area contributed by atoms with Crippen molar-refractivity contribution in [1.82, 2.24) is 4.90 Å². The number of carbonyl (C=O) groups is 3. The van der Waals surface area contributed by atoms with E-state index < -0.39 is 23.4 Å². The molecule has 1 heterocycles. The molecule has 4 aliphatic rings. The number of hydrogen-bond acceptors (Lipinski definition) is 4. The third-order valence-corrected chi connectivity index (χ3v) is 6.07. The molecule has 1 aliphatic heterocycles. The lowest BCUT2D eigenvalue weighted by molar-refractivity contribution is -0.167. The Morgan fingerprint density at radius 1 is 0.962 bits per heavy atom. The van der Waals surface area contributed by atoms with Gasteiger partial charge in [0.2, 0.25) is 11.8 Å². The number of carbonyl (C=O) groups excluding carboxylic acids is 3. The minimum Gasteiger partial charge on any atom is -0.448 e. The van der Waals surface area contributed by atoms with Gasteiger partial charge in [-0.05, 0) is 11.1 Å². The maximum absolute atomic E-state index is 13.1. The molecule has 2 aromatic rings. The largest absolute Gasteiger partial charge is 0.448 e. The molecular weight excluding hydrogens is 330 g/mol. The maximum atomic E-state index is 13.1. The van der Waals surface area contributed by atoms with Crippen molar-refractivity contribution in [3.8, 4) is 0 Å². The molecule has 2 bridgehead atoms. The van der Waals surface area contributed by atoms with Crippen LogP contribution in [0.2, 0.25) is 0 Å². The van der Waals surface area contributed by atoms with Gasteiger partial charge in [-0.15, -0.1) is 0 Å². The molecule has 0 unspecified atom stereocenters. The van der Waals surface area contributed by atoms with Crippen LogP contribution in [0.15, 0.2) is 48.5 Å². The highest BCUT2D eigenvalue weighted by Gasteiger charge is 2.69. The van der Waals surface area contributed by atoms with Crippen molar-refractivity contribution in [3.05, 3.63) is 70.8 Å². The fourth-order valence-electron chi connectivity index (χ4n) is 5.25. The first-order valence-corrected chi connectivity index (χ1v) is 8.68. The van der Waals surface area contributed by atoms with Crippen molar-refractivity contribution < 1.29 is 19.1 Å². The molecule has 26 heavy (non-hydrogen) atoms. The molecule has 1 saturated heterocycles. The lowest BCUT2D eigenvalue weighted by atomic mass is 9.52. The van der Waals surface area contributed by atoms with Crippen LogP contribution in [-0.4, -0.2) is 29.7 Å². The average Bonchev–Trinajstić information content (AvgIpc) is 2.87. The third-order valence-electron chi connectivity index (χ3n) is 6.07. The summed E-state index contributed by atoms with van der Waals surface area (Å²) in [6, 6.07) is 15.4. The molecule has 2 aromatic carbocycles. The van der Waals surface area contributed by atoms with Gasteiger partial charge in [-0.25, -0.2) is 0 Å². The van der Waals surface area contributed by atoms with Crippen molar-refractivity contribution in [1.29, 1.82) is 0 Å². The van der Waals surface area contributed by atoms with Gasteiger partial charge in [0.25, 0.3) is 0 Å². The van der Waals surface area contributed by atoms with Gasteiger partial charge in [-0.2, -0.15) is 0 Å². The first kappa shape index (κ1) is 15.3. The monoisotopic (exact) mass is 347 g/mol. The molecule has 130 valence electrons. The first-order valence-electron chi connectivity index (χ1n) is 8.68. The van der Waals surface area contributed by atoms with Crippen LogP contribution in [0, 0.1) is 11.8 Å². The zero-order valence-electron chi connectivity index (χ0n) is 14.4. The summed E-state index contributed by atoms with van der Waals surface area (Å²) in [6.45, 7) is 1.35. The Morgan fingerprint density at radius 2 is 1.50 bits per heavy atom. The zero-order chi connectivity index (χ0) is 18.2. The van der Waals surface area contributed by atoms with Gasteiger partial charge in [-0.1, -0.05) is 48.5 Å². The fraction of sp³-hybridized carbons (Fsp3) is 0.286. The highest BCUT2D eigenvalue weighted by atomic mass is 16.6. The summed E-state index contributed by atoms with van der Waals surface area (Å²) < 4.78 is 5.96. The highest BCUT2D eigenvalue weighted by molar-refractivity contribution is 6.08. The summed E-state index contributed by atoms with van der Waals surface area (Å²) in [5.41, 5.74) is 2.30. The van der Waals surface area contributed by atoms with E-state index in [1.807, 2.05) is 48.5 Å². The van der Waals surface area contributed by atoms with Crippen molar-refractivity contribution >= 4 is 17.8 Å². The number of benzene rings is 2. The minimum atomic E-state index is -1.25. The number of hydrogen-bond donors (Lipinski definition) is 0. The van der Waals surface area contributed by atoms with Crippen LogP contribution >= 0.6 is 0 Å². The Hall–Kier alpha value is -2.95. The molecule has 5 heteroatoms. The highest BCUT2D eigenvalue weighted by Crippen LogP contribution is 2.64. The van der Waals surface area contributed by atoms with E-state index in [1.165, 1.54) is 18.9 Å². The quantitative estimate of drug-likeness (QED) is 0.586. The van der Waals surface area contributed by atoms with Crippen molar-refractivity contribution in [2.24, 2.45) is 11.8 Å². The number of rotatable bonds is 1. The van der Waals surface area contributed by atoms with E-state index in [9.17, 15) is 14.4 Å². The molecule has 6 rings (SSSR count). The van der Waals surface area contributed by atoms with E-state index in [0.717, 1.165) is 22.3 Å². The lowest BCUT2D eigenvalue weighted by Crippen LogP contribution is -2.55. The van der Waals surface area contributed by atoms with Crippen LogP contribution in [0.1, 0.15) is 35.1 Å². The number of imide groups is 1. The van der Waals surface area contributed by atoms with E-state index >= 15 is 0 Å². The van der Waals surface area contributed by atoms with E-state index in [4.69, 9.17) is 4.74 Å². The number of likely N-dealkylation sites (tertiary alicyclic amines) is 1. The molecule has 5 nitrogen and oxygen atoms in total. The second kappa shape index (κ2) is 4.81. The van der Waals surface area contributed by atoms with Gasteiger partial charge in [0.15, 0.2) is 5.60 Å². The summed E-state index contributed by atoms with van der Waals surface area (Å²) in [4.78, 5) is 39.3. The number of nitrogens with zero attached hydrogens (tertiary/aromatic N) is 1. The Morgan fingerprint density at radius 3 is 2.04 bits per heavy atom. The summed E-state index contributed by atoms with van der Waals surface area (Å²) in [5.74, 6) is -2.43. The predicted octanol–water partition coefficient (Wildman–Crippen LogP) is 2.18. The van der Waals surface area contributed by atoms with Gasteiger partial charge >= 0.3 is 5.97 Å². The first-order chi connectivity index (χ1) is 12.5. The molecule has 1 fully saturated rings. The van der Waals surface area contributed by atoms with E-state index in [2.05, 4.69) is 0 Å². The van der Waals surface area contributed by atoms with E-state index in [1.54, 1.807) is 0 Å².